The van der Waals surface area contributed by atoms with Crippen LogP contribution in [-0.2, 0) is 6.54 Å². The summed E-state index contributed by atoms with van der Waals surface area (Å²) < 4.78 is 6.42. The summed E-state index contributed by atoms with van der Waals surface area (Å²) in [5.74, 6) is 0.507. The number of para-hydroxylation sites is 1. The van der Waals surface area contributed by atoms with E-state index < -0.39 is 4.92 Å². The van der Waals surface area contributed by atoms with Crippen molar-refractivity contribution in [2.24, 2.45) is 0 Å². The van der Waals surface area contributed by atoms with Gasteiger partial charge in [0, 0.05) is 17.7 Å². The molecule has 0 bridgehead atoms. The summed E-state index contributed by atoms with van der Waals surface area (Å²) in [6.45, 7) is 4.37. The summed E-state index contributed by atoms with van der Waals surface area (Å²) in [7, 11) is 0. The number of benzene rings is 2. The van der Waals surface area contributed by atoms with Crippen LogP contribution in [0.25, 0.3) is 10.2 Å². The van der Waals surface area contributed by atoms with Crippen molar-refractivity contribution in [3.8, 4) is 0 Å². The summed E-state index contributed by atoms with van der Waals surface area (Å²) in [6, 6.07) is 15.2. The van der Waals surface area contributed by atoms with Crippen LogP contribution in [0.3, 0.4) is 0 Å². The summed E-state index contributed by atoms with van der Waals surface area (Å²) in [6.07, 6.45) is 1.54. The van der Waals surface area contributed by atoms with Crippen molar-refractivity contribution < 1.29 is 14.1 Å². The average Bonchev–Trinajstić information content (AvgIpc) is 3.40. The number of non-ortho nitro benzene ring substituents is 1. The second-order valence-electron chi connectivity index (χ2n) is 7.12. The van der Waals surface area contributed by atoms with E-state index in [0.29, 0.717) is 10.9 Å². The molecule has 7 nitrogen and oxygen atoms in total. The number of aromatic nitrogens is 1. The van der Waals surface area contributed by atoms with E-state index in [0.717, 1.165) is 15.8 Å². The number of fused-ring (bicyclic) bond motifs is 1. The van der Waals surface area contributed by atoms with Gasteiger partial charge in [0.15, 0.2) is 5.13 Å². The number of hydrogen-bond donors (Lipinski definition) is 0. The Morgan fingerprint density at radius 3 is 2.70 bits per heavy atom. The van der Waals surface area contributed by atoms with Crippen LogP contribution in [-0.4, -0.2) is 15.8 Å². The molecule has 0 radical (unpaired) electrons. The first-order valence-corrected chi connectivity index (χ1v) is 10.2. The summed E-state index contributed by atoms with van der Waals surface area (Å²) in [5, 5.41) is 11.7. The van der Waals surface area contributed by atoms with Crippen LogP contribution in [0.15, 0.2) is 65.3 Å². The molecular weight excluding hydrogens is 402 g/mol. The number of carbonyl (C=O) groups excluding carboxylic acids is 1. The van der Waals surface area contributed by atoms with E-state index in [1.807, 2.05) is 18.2 Å². The maximum atomic E-state index is 13.4. The number of rotatable bonds is 6. The maximum absolute atomic E-state index is 13.4. The van der Waals surface area contributed by atoms with E-state index in [9.17, 15) is 14.9 Å². The van der Waals surface area contributed by atoms with Crippen LogP contribution >= 0.6 is 11.3 Å². The van der Waals surface area contributed by atoms with Gasteiger partial charge in [-0.2, -0.15) is 0 Å². The molecule has 4 rings (SSSR count). The zero-order valence-electron chi connectivity index (χ0n) is 16.4. The third kappa shape index (κ3) is 3.81. The zero-order valence-corrected chi connectivity index (χ0v) is 17.3. The topological polar surface area (TPSA) is 89.5 Å². The first kappa shape index (κ1) is 19.8. The standard InChI is InChI=1S/C22H19N3O4S/c1-14(2)18-9-4-10-19-20(18)23-22(30-19)24(13-17-8-5-11-29-17)21(26)15-6-3-7-16(12-15)25(27)28/h3-12,14H,13H2,1-2H3. The normalized spacial score (nSPS) is 11.2. The minimum atomic E-state index is -0.514. The molecule has 2 aromatic heterocycles. The SMILES string of the molecule is CC(C)c1cccc2sc(N(Cc3ccco3)C(=O)c3cccc([N+](=O)[O-])c3)nc12. The first-order chi connectivity index (χ1) is 14.4. The van der Waals surface area contributed by atoms with Crippen LogP contribution in [0.1, 0.15) is 41.4 Å². The fourth-order valence-corrected chi connectivity index (χ4v) is 4.23. The predicted molar refractivity (Wildman–Crippen MR) is 116 cm³/mol. The molecule has 0 aliphatic heterocycles. The van der Waals surface area contributed by atoms with E-state index >= 15 is 0 Å². The molecule has 152 valence electrons. The number of furan rings is 1. The van der Waals surface area contributed by atoms with E-state index in [4.69, 9.17) is 9.40 Å². The highest BCUT2D eigenvalue weighted by Gasteiger charge is 2.24. The summed E-state index contributed by atoms with van der Waals surface area (Å²) in [5.41, 5.74) is 2.06. The molecule has 0 aliphatic rings. The van der Waals surface area contributed by atoms with Gasteiger partial charge in [-0.15, -0.1) is 0 Å². The van der Waals surface area contributed by atoms with Gasteiger partial charge in [-0.25, -0.2) is 4.98 Å². The molecule has 8 heteroatoms. The molecule has 2 aromatic carbocycles. The molecular formula is C22H19N3O4S. The summed E-state index contributed by atoms with van der Waals surface area (Å²) in [4.78, 5) is 30.3. The van der Waals surface area contributed by atoms with Gasteiger partial charge in [0.05, 0.1) is 27.9 Å². The van der Waals surface area contributed by atoms with Gasteiger partial charge in [-0.3, -0.25) is 19.8 Å². The van der Waals surface area contributed by atoms with Gasteiger partial charge in [-0.1, -0.05) is 43.4 Å². The van der Waals surface area contributed by atoms with Crippen LogP contribution < -0.4 is 4.90 Å². The molecule has 0 spiro atoms. The van der Waals surface area contributed by atoms with E-state index in [-0.39, 0.29) is 29.6 Å². The molecule has 30 heavy (non-hydrogen) atoms. The first-order valence-electron chi connectivity index (χ1n) is 9.42. The molecule has 0 saturated heterocycles. The second kappa shape index (κ2) is 8.08. The highest BCUT2D eigenvalue weighted by atomic mass is 32.1. The average molecular weight is 421 g/mol. The lowest BCUT2D eigenvalue weighted by Crippen LogP contribution is -2.30. The van der Waals surface area contributed by atoms with Crippen molar-refractivity contribution in [2.75, 3.05) is 4.90 Å². The molecule has 0 atom stereocenters. The number of nitro benzene ring substituents is 1. The molecule has 4 aromatic rings. The fourth-order valence-electron chi connectivity index (χ4n) is 3.23. The number of nitrogens with zero attached hydrogens (tertiary/aromatic N) is 3. The lowest BCUT2D eigenvalue weighted by atomic mass is 10.0. The third-order valence-electron chi connectivity index (χ3n) is 4.73. The number of thiazole rings is 1. The van der Waals surface area contributed by atoms with Crippen molar-refractivity contribution in [3.63, 3.8) is 0 Å². The Bertz CT molecular complexity index is 1210. The van der Waals surface area contributed by atoms with Crippen LogP contribution in [0.5, 0.6) is 0 Å². The lowest BCUT2D eigenvalue weighted by Gasteiger charge is -2.18. The predicted octanol–water partition coefficient (Wildman–Crippen LogP) is 5.77. The highest BCUT2D eigenvalue weighted by Crippen LogP contribution is 2.35. The van der Waals surface area contributed by atoms with Gasteiger partial charge in [0.2, 0.25) is 0 Å². The number of anilines is 1. The molecule has 0 unspecified atom stereocenters. The number of carbonyl (C=O) groups is 1. The van der Waals surface area contributed by atoms with Crippen molar-refractivity contribution in [1.82, 2.24) is 4.98 Å². The van der Waals surface area contributed by atoms with Gasteiger partial charge >= 0.3 is 0 Å². The van der Waals surface area contributed by atoms with E-state index in [1.54, 1.807) is 24.5 Å². The second-order valence-corrected chi connectivity index (χ2v) is 8.13. The van der Waals surface area contributed by atoms with Gasteiger partial charge in [-0.05, 0) is 35.7 Å². The molecule has 0 N–H and O–H groups in total. The Labute approximate surface area is 176 Å². The van der Waals surface area contributed by atoms with E-state index in [2.05, 4.69) is 13.8 Å². The van der Waals surface area contributed by atoms with Crippen molar-refractivity contribution >= 4 is 38.3 Å². The number of nitro groups is 1. The Morgan fingerprint density at radius 1 is 1.20 bits per heavy atom. The minimum absolute atomic E-state index is 0.134. The van der Waals surface area contributed by atoms with Gasteiger partial charge in [0.25, 0.3) is 11.6 Å². The Kier molecular flexibility index (Phi) is 5.33. The smallest absolute Gasteiger partial charge is 0.270 e. The number of amides is 1. The zero-order chi connectivity index (χ0) is 21.3. The Balaban J connectivity index is 1.80. The number of hydrogen-bond acceptors (Lipinski definition) is 6. The van der Waals surface area contributed by atoms with E-state index in [1.165, 1.54) is 34.4 Å². The van der Waals surface area contributed by atoms with Gasteiger partial charge in [0.1, 0.15) is 5.76 Å². The quantitative estimate of drug-likeness (QED) is 0.291. The maximum Gasteiger partial charge on any atom is 0.270 e. The highest BCUT2D eigenvalue weighted by molar-refractivity contribution is 7.22. The molecule has 0 saturated carbocycles. The monoisotopic (exact) mass is 421 g/mol. The Morgan fingerprint density at radius 2 is 2.00 bits per heavy atom. The van der Waals surface area contributed by atoms with Crippen LogP contribution in [0.2, 0.25) is 0 Å². The van der Waals surface area contributed by atoms with Crippen molar-refractivity contribution in [3.05, 3.63) is 87.9 Å². The van der Waals surface area contributed by atoms with Gasteiger partial charge < -0.3 is 4.42 Å². The largest absolute Gasteiger partial charge is 0.467 e. The molecule has 0 aliphatic carbocycles. The van der Waals surface area contributed by atoms with Crippen molar-refractivity contribution in [1.29, 1.82) is 0 Å². The van der Waals surface area contributed by atoms with Crippen LogP contribution in [0, 0.1) is 10.1 Å². The van der Waals surface area contributed by atoms with Crippen LogP contribution in [0.4, 0.5) is 10.8 Å². The Hall–Kier alpha value is -3.52. The van der Waals surface area contributed by atoms with Crippen molar-refractivity contribution in [2.45, 2.75) is 26.3 Å². The molecule has 1 amide bonds. The fraction of sp³-hybridized carbons (Fsp3) is 0.182. The lowest BCUT2D eigenvalue weighted by molar-refractivity contribution is -0.384. The molecule has 2 heterocycles. The summed E-state index contributed by atoms with van der Waals surface area (Å²) >= 11 is 1.41. The third-order valence-corrected chi connectivity index (χ3v) is 5.78. The molecule has 0 fully saturated rings. The minimum Gasteiger partial charge on any atom is -0.467 e.